The standard InChI is InChI=1S/C23H37BrFNO3SSi/c1-21(2,3)30(27)26-20(18-15-17(24)9-10-19(18)25)16-23(11-13-28-14-12-23)29-31(7,8)22(4,5)6/h9-10,15H,11-14,16H2,1-8H3/b26-20-. The maximum atomic E-state index is 14.9. The SMILES string of the molecule is CC(C)(C)S(=O)/N=C(/CC1(O[Si](C)(C)C(C)(C)C)CCOCC1)c1cc(Br)ccc1F. The molecule has 1 aliphatic rings. The largest absolute Gasteiger partial charge is 0.411 e. The zero-order valence-corrected chi connectivity index (χ0v) is 23.5. The summed E-state index contributed by atoms with van der Waals surface area (Å²) in [5.74, 6) is -0.373. The maximum Gasteiger partial charge on any atom is 0.192 e. The van der Waals surface area contributed by atoms with Crippen LogP contribution >= 0.6 is 15.9 Å². The van der Waals surface area contributed by atoms with Crippen LogP contribution in [-0.4, -0.2) is 41.8 Å². The lowest BCUT2D eigenvalue weighted by Crippen LogP contribution is -2.53. The predicted octanol–water partition coefficient (Wildman–Crippen LogP) is 6.80. The van der Waals surface area contributed by atoms with Gasteiger partial charge in [0.25, 0.3) is 0 Å². The van der Waals surface area contributed by atoms with Crippen molar-refractivity contribution >= 4 is 40.9 Å². The Bertz CT molecular complexity index is 840. The fraction of sp³-hybridized carbons (Fsp3) is 0.696. The van der Waals surface area contributed by atoms with E-state index >= 15 is 0 Å². The smallest absolute Gasteiger partial charge is 0.192 e. The summed E-state index contributed by atoms with van der Waals surface area (Å²) in [5.41, 5.74) is 0.348. The first-order valence-electron chi connectivity index (χ1n) is 10.8. The lowest BCUT2D eigenvalue weighted by molar-refractivity contribution is -0.0492. The molecule has 1 aliphatic heterocycles. The Hall–Kier alpha value is -0.413. The van der Waals surface area contributed by atoms with Crippen molar-refractivity contribution in [1.29, 1.82) is 0 Å². The molecular formula is C23H37BrFNO3SSi. The van der Waals surface area contributed by atoms with E-state index in [4.69, 9.17) is 9.16 Å². The summed E-state index contributed by atoms with van der Waals surface area (Å²) in [5, 5.41) is 0.0326. The molecule has 176 valence electrons. The molecule has 4 nitrogen and oxygen atoms in total. The molecule has 0 N–H and O–H groups in total. The number of benzene rings is 1. The van der Waals surface area contributed by atoms with Crippen molar-refractivity contribution in [2.75, 3.05) is 13.2 Å². The highest BCUT2D eigenvalue weighted by Crippen LogP contribution is 2.43. The normalized spacial score (nSPS) is 19.4. The summed E-state index contributed by atoms with van der Waals surface area (Å²) >= 11 is 3.44. The Labute approximate surface area is 199 Å². The van der Waals surface area contributed by atoms with E-state index in [9.17, 15) is 8.60 Å². The molecule has 1 aromatic rings. The zero-order valence-electron chi connectivity index (χ0n) is 20.1. The van der Waals surface area contributed by atoms with Crippen LogP contribution in [0.25, 0.3) is 0 Å². The van der Waals surface area contributed by atoms with E-state index in [1.54, 1.807) is 12.1 Å². The van der Waals surface area contributed by atoms with E-state index in [-0.39, 0.29) is 10.9 Å². The van der Waals surface area contributed by atoms with E-state index in [1.165, 1.54) is 6.07 Å². The molecule has 1 atom stereocenters. The van der Waals surface area contributed by atoms with Crippen molar-refractivity contribution < 1.29 is 17.8 Å². The molecule has 8 heteroatoms. The van der Waals surface area contributed by atoms with Gasteiger partial charge in [-0.2, -0.15) is 4.40 Å². The molecule has 0 aromatic heterocycles. The van der Waals surface area contributed by atoms with E-state index < -0.39 is 29.7 Å². The van der Waals surface area contributed by atoms with Gasteiger partial charge in [-0.3, -0.25) is 0 Å². The molecule has 1 unspecified atom stereocenters. The fourth-order valence-corrected chi connectivity index (χ4v) is 5.85. The number of halogens is 2. The molecule has 0 spiro atoms. The average Bonchev–Trinajstić information content (AvgIpc) is 2.61. The number of hydrogen-bond acceptors (Lipinski definition) is 3. The summed E-state index contributed by atoms with van der Waals surface area (Å²) in [6.45, 7) is 17.9. The van der Waals surface area contributed by atoms with Crippen LogP contribution in [0.5, 0.6) is 0 Å². The van der Waals surface area contributed by atoms with Crippen molar-refractivity contribution in [2.24, 2.45) is 4.40 Å². The summed E-state index contributed by atoms with van der Waals surface area (Å²) in [7, 11) is -3.64. The minimum atomic E-state index is -2.12. The van der Waals surface area contributed by atoms with E-state index in [1.807, 2.05) is 20.8 Å². The Morgan fingerprint density at radius 2 is 1.81 bits per heavy atom. The highest BCUT2D eigenvalue weighted by atomic mass is 79.9. The Morgan fingerprint density at radius 1 is 1.23 bits per heavy atom. The topological polar surface area (TPSA) is 47.9 Å². The van der Waals surface area contributed by atoms with Gasteiger partial charge in [-0.15, -0.1) is 0 Å². The maximum absolute atomic E-state index is 14.9. The highest BCUT2D eigenvalue weighted by Gasteiger charge is 2.46. The second-order valence-electron chi connectivity index (χ2n) is 10.9. The molecular weight excluding hydrogens is 497 g/mol. The molecule has 1 aromatic carbocycles. The first-order valence-corrected chi connectivity index (χ1v) is 15.6. The van der Waals surface area contributed by atoms with Gasteiger partial charge in [0.15, 0.2) is 8.32 Å². The molecule has 1 fully saturated rings. The van der Waals surface area contributed by atoms with E-state index in [0.717, 1.165) is 4.47 Å². The van der Waals surface area contributed by atoms with Crippen molar-refractivity contribution in [3.8, 4) is 0 Å². The van der Waals surface area contributed by atoms with Crippen LogP contribution < -0.4 is 0 Å². The molecule has 2 rings (SSSR count). The van der Waals surface area contributed by atoms with Gasteiger partial charge < -0.3 is 9.16 Å². The molecule has 0 amide bonds. The minimum absolute atomic E-state index is 0.0326. The van der Waals surface area contributed by atoms with Gasteiger partial charge in [0.2, 0.25) is 0 Å². The third-order valence-electron chi connectivity index (χ3n) is 6.13. The van der Waals surface area contributed by atoms with Crippen molar-refractivity contribution in [2.45, 2.75) is 89.3 Å². The average molecular weight is 535 g/mol. The monoisotopic (exact) mass is 533 g/mol. The van der Waals surface area contributed by atoms with Gasteiger partial charge in [0.1, 0.15) is 16.8 Å². The highest BCUT2D eigenvalue weighted by molar-refractivity contribution is 9.10. The summed E-state index contributed by atoms with van der Waals surface area (Å²) < 4.78 is 45.3. The van der Waals surface area contributed by atoms with Gasteiger partial charge in [0, 0.05) is 29.7 Å². The fourth-order valence-electron chi connectivity index (χ4n) is 3.19. The molecule has 0 saturated carbocycles. The summed E-state index contributed by atoms with van der Waals surface area (Å²) in [4.78, 5) is 0. The van der Waals surface area contributed by atoms with Crippen LogP contribution in [0.1, 0.15) is 66.4 Å². The number of rotatable bonds is 6. The third kappa shape index (κ3) is 7.03. The Kier molecular flexibility index (Phi) is 8.51. The minimum Gasteiger partial charge on any atom is -0.411 e. The predicted molar refractivity (Wildman–Crippen MR) is 134 cm³/mol. The first-order chi connectivity index (χ1) is 14.1. The zero-order chi connectivity index (χ0) is 23.7. The third-order valence-corrected chi connectivity index (χ3v) is 12.6. The Morgan fingerprint density at radius 3 is 2.32 bits per heavy atom. The van der Waals surface area contributed by atoms with Gasteiger partial charge in [-0.1, -0.05) is 36.7 Å². The summed E-state index contributed by atoms with van der Waals surface area (Å²) in [6, 6.07) is 4.79. The molecule has 1 saturated heterocycles. The quantitative estimate of drug-likeness (QED) is 0.298. The van der Waals surface area contributed by atoms with Crippen molar-refractivity contribution in [3.63, 3.8) is 0 Å². The molecule has 0 aliphatic carbocycles. The molecule has 1 heterocycles. The second kappa shape index (κ2) is 9.83. The molecule has 0 bridgehead atoms. The van der Waals surface area contributed by atoms with Gasteiger partial charge >= 0.3 is 0 Å². The van der Waals surface area contributed by atoms with Crippen LogP contribution in [-0.2, 0) is 20.1 Å². The lowest BCUT2D eigenvalue weighted by atomic mass is 9.86. The van der Waals surface area contributed by atoms with Crippen molar-refractivity contribution in [1.82, 2.24) is 0 Å². The van der Waals surface area contributed by atoms with E-state index in [0.29, 0.717) is 43.8 Å². The van der Waals surface area contributed by atoms with Gasteiger partial charge in [-0.25, -0.2) is 8.60 Å². The van der Waals surface area contributed by atoms with Crippen LogP contribution in [0, 0.1) is 5.82 Å². The number of nitrogens with zero attached hydrogens (tertiary/aromatic N) is 1. The van der Waals surface area contributed by atoms with Gasteiger partial charge in [-0.05, 0) is 69.9 Å². The molecule has 31 heavy (non-hydrogen) atoms. The van der Waals surface area contributed by atoms with Crippen LogP contribution in [0.4, 0.5) is 4.39 Å². The Balaban J connectivity index is 2.57. The van der Waals surface area contributed by atoms with Crippen molar-refractivity contribution in [3.05, 3.63) is 34.1 Å². The van der Waals surface area contributed by atoms with Gasteiger partial charge in [0.05, 0.1) is 16.1 Å². The van der Waals surface area contributed by atoms with E-state index in [2.05, 4.69) is 54.2 Å². The molecule has 0 radical (unpaired) electrons. The summed E-state index contributed by atoms with van der Waals surface area (Å²) in [6.07, 6.45) is 1.81. The van der Waals surface area contributed by atoms with Crippen LogP contribution in [0.3, 0.4) is 0 Å². The van der Waals surface area contributed by atoms with Crippen LogP contribution in [0.15, 0.2) is 27.1 Å². The number of ether oxygens (including phenoxy) is 1. The first kappa shape index (κ1) is 26.8. The van der Waals surface area contributed by atoms with Crippen LogP contribution in [0.2, 0.25) is 18.1 Å². The lowest BCUT2D eigenvalue weighted by Gasteiger charge is -2.47. The number of hydrogen-bond donors (Lipinski definition) is 0. The second-order valence-corrected chi connectivity index (χ2v) is 18.4.